The molecule has 9 heteroatoms. The van der Waals surface area contributed by atoms with Crippen LogP contribution in [-0.4, -0.2) is 50.6 Å². The molecule has 0 spiro atoms. The van der Waals surface area contributed by atoms with Crippen molar-refractivity contribution in [3.63, 3.8) is 0 Å². The van der Waals surface area contributed by atoms with E-state index >= 15 is 0 Å². The Bertz CT molecular complexity index is 913. The van der Waals surface area contributed by atoms with Crippen molar-refractivity contribution >= 4 is 29.4 Å². The quantitative estimate of drug-likeness (QED) is 0.636. The molecule has 0 atom stereocenters. The summed E-state index contributed by atoms with van der Waals surface area (Å²) < 4.78 is 28.6. The molecule has 29 heavy (non-hydrogen) atoms. The number of amides is 1. The number of nitrogens with zero attached hydrogens (tertiary/aromatic N) is 1. The number of esters is 2. The zero-order valence-corrected chi connectivity index (χ0v) is 16.8. The van der Waals surface area contributed by atoms with E-state index in [4.69, 9.17) is 16.3 Å². The van der Waals surface area contributed by atoms with Gasteiger partial charge in [-0.1, -0.05) is 17.7 Å². The lowest BCUT2D eigenvalue weighted by atomic mass is 10.1. The average Bonchev–Trinajstić information content (AvgIpc) is 2.73. The molecule has 2 aromatic carbocycles. The summed E-state index contributed by atoms with van der Waals surface area (Å²) in [4.78, 5) is 37.2. The van der Waals surface area contributed by atoms with Crippen molar-refractivity contribution in [2.24, 2.45) is 0 Å². The number of likely N-dealkylation sites (N-methyl/N-ethyl adjacent to an activating group) is 1. The van der Waals surface area contributed by atoms with Crippen molar-refractivity contribution < 1.29 is 33.0 Å². The summed E-state index contributed by atoms with van der Waals surface area (Å²) >= 11 is 5.98. The second-order valence-electron chi connectivity index (χ2n) is 5.93. The summed E-state index contributed by atoms with van der Waals surface area (Å²) in [7, 11) is 3.85. The Labute approximate surface area is 171 Å². The molecule has 154 valence electrons. The van der Waals surface area contributed by atoms with Gasteiger partial charge in [0.1, 0.15) is 17.1 Å². The smallest absolute Gasteiger partial charge is 0.341 e. The highest BCUT2D eigenvalue weighted by atomic mass is 35.5. The molecule has 0 radical (unpaired) electrons. The van der Waals surface area contributed by atoms with Crippen LogP contribution in [0.3, 0.4) is 0 Å². The van der Waals surface area contributed by atoms with Gasteiger partial charge >= 0.3 is 11.9 Å². The Morgan fingerprint density at radius 2 is 1.76 bits per heavy atom. The molecule has 0 aliphatic rings. The van der Waals surface area contributed by atoms with Gasteiger partial charge in [-0.3, -0.25) is 4.79 Å². The van der Waals surface area contributed by atoms with Gasteiger partial charge in [0.25, 0.3) is 5.91 Å². The summed E-state index contributed by atoms with van der Waals surface area (Å²) in [6.45, 7) is -0.483. The molecule has 0 fully saturated rings. The van der Waals surface area contributed by atoms with Crippen LogP contribution in [0.5, 0.6) is 5.75 Å². The van der Waals surface area contributed by atoms with Gasteiger partial charge < -0.3 is 19.1 Å². The number of carbonyl (C=O) groups excluding carboxylic acids is 3. The molecular weight excluding hydrogens is 405 g/mol. The fourth-order valence-electron chi connectivity index (χ4n) is 2.43. The number of hydrogen-bond acceptors (Lipinski definition) is 6. The summed E-state index contributed by atoms with van der Waals surface area (Å²) in [5.74, 6) is -2.33. The molecule has 0 N–H and O–H groups in total. The lowest BCUT2D eigenvalue weighted by molar-refractivity contribution is -0.132. The maximum atomic E-state index is 13.9. The van der Waals surface area contributed by atoms with E-state index in [-0.39, 0.29) is 34.0 Å². The Hall–Kier alpha value is -3.13. The third-order valence-electron chi connectivity index (χ3n) is 4.04. The Kier molecular flexibility index (Phi) is 7.55. The number of ether oxygens (including phenoxy) is 3. The summed E-state index contributed by atoms with van der Waals surface area (Å²) in [6.07, 6.45) is 0. The minimum Gasteiger partial charge on any atom is -0.483 e. The predicted molar refractivity (Wildman–Crippen MR) is 103 cm³/mol. The normalized spacial score (nSPS) is 10.2. The van der Waals surface area contributed by atoms with E-state index in [9.17, 15) is 18.8 Å². The van der Waals surface area contributed by atoms with Crippen molar-refractivity contribution in [2.45, 2.75) is 6.54 Å². The van der Waals surface area contributed by atoms with E-state index in [2.05, 4.69) is 9.47 Å². The highest BCUT2D eigenvalue weighted by Gasteiger charge is 2.20. The molecule has 0 saturated carbocycles. The van der Waals surface area contributed by atoms with Crippen LogP contribution in [0.4, 0.5) is 4.39 Å². The first-order chi connectivity index (χ1) is 13.8. The van der Waals surface area contributed by atoms with E-state index < -0.39 is 30.3 Å². The molecule has 0 aromatic heterocycles. The van der Waals surface area contributed by atoms with Gasteiger partial charge in [-0.2, -0.15) is 0 Å². The molecule has 0 aliphatic carbocycles. The lowest BCUT2D eigenvalue weighted by Crippen LogP contribution is -2.31. The van der Waals surface area contributed by atoms with Crippen LogP contribution < -0.4 is 4.74 Å². The van der Waals surface area contributed by atoms with Crippen LogP contribution in [-0.2, 0) is 20.8 Å². The number of benzene rings is 2. The molecule has 7 nitrogen and oxygen atoms in total. The topological polar surface area (TPSA) is 82.1 Å². The number of halogens is 2. The molecule has 0 saturated heterocycles. The van der Waals surface area contributed by atoms with E-state index in [0.717, 1.165) is 0 Å². The second kappa shape index (κ2) is 9.88. The number of methoxy groups -OCH3 is 2. The monoisotopic (exact) mass is 423 g/mol. The van der Waals surface area contributed by atoms with Crippen molar-refractivity contribution in [3.05, 3.63) is 63.9 Å². The Morgan fingerprint density at radius 1 is 1.07 bits per heavy atom. The standard InChI is InChI=1S/C20H19ClFNO6/c1-23(10-14-15(21)5-4-6-16(14)22)18(24)11-29-17-8-7-12(19(25)27-2)9-13(17)20(26)28-3/h4-9H,10-11H2,1-3H3. The van der Waals surface area contributed by atoms with Gasteiger partial charge in [-0.15, -0.1) is 0 Å². The zero-order chi connectivity index (χ0) is 21.6. The molecule has 2 aromatic rings. The fourth-order valence-corrected chi connectivity index (χ4v) is 2.65. The van der Waals surface area contributed by atoms with Gasteiger partial charge in [0.05, 0.1) is 19.8 Å². The minimum atomic E-state index is -0.746. The van der Waals surface area contributed by atoms with Crippen LogP contribution in [0.25, 0.3) is 0 Å². The van der Waals surface area contributed by atoms with Crippen molar-refractivity contribution in [1.82, 2.24) is 4.90 Å². The summed E-state index contributed by atoms with van der Waals surface area (Å²) in [5.41, 5.74) is 0.267. The van der Waals surface area contributed by atoms with E-state index in [0.29, 0.717) is 0 Å². The number of rotatable bonds is 7. The number of hydrogen-bond donors (Lipinski definition) is 0. The SMILES string of the molecule is COC(=O)c1ccc(OCC(=O)N(C)Cc2c(F)cccc2Cl)c(C(=O)OC)c1. The zero-order valence-electron chi connectivity index (χ0n) is 16.0. The summed E-state index contributed by atoms with van der Waals surface area (Å²) in [6, 6.07) is 8.25. The largest absolute Gasteiger partial charge is 0.483 e. The molecule has 0 unspecified atom stereocenters. The van der Waals surface area contributed by atoms with Crippen LogP contribution in [0.1, 0.15) is 26.3 Å². The third-order valence-corrected chi connectivity index (χ3v) is 4.39. The van der Waals surface area contributed by atoms with Crippen molar-refractivity contribution in [2.75, 3.05) is 27.9 Å². The minimum absolute atomic E-state index is 0.0389. The molecule has 0 heterocycles. The molecule has 0 bridgehead atoms. The van der Waals surface area contributed by atoms with Crippen molar-refractivity contribution in [3.8, 4) is 5.75 Å². The third kappa shape index (κ3) is 5.45. The molecule has 1 amide bonds. The first-order valence-corrected chi connectivity index (χ1v) is 8.76. The number of carbonyl (C=O) groups is 3. The average molecular weight is 424 g/mol. The highest BCUT2D eigenvalue weighted by molar-refractivity contribution is 6.31. The van der Waals surface area contributed by atoms with E-state index in [1.54, 1.807) is 0 Å². The van der Waals surface area contributed by atoms with Gasteiger partial charge in [0.15, 0.2) is 6.61 Å². The molecule has 2 rings (SSSR count). The predicted octanol–water partition coefficient (Wildman–Crippen LogP) is 3.09. The highest BCUT2D eigenvalue weighted by Crippen LogP contribution is 2.23. The maximum Gasteiger partial charge on any atom is 0.341 e. The fraction of sp³-hybridized carbons (Fsp3) is 0.250. The lowest BCUT2D eigenvalue weighted by Gasteiger charge is -2.19. The first-order valence-electron chi connectivity index (χ1n) is 8.38. The Balaban J connectivity index is 2.12. The molecule has 0 aliphatic heterocycles. The molecular formula is C20H19ClFNO6. The van der Waals surface area contributed by atoms with Crippen LogP contribution in [0.2, 0.25) is 5.02 Å². The van der Waals surface area contributed by atoms with Crippen LogP contribution >= 0.6 is 11.6 Å². The van der Waals surface area contributed by atoms with Crippen LogP contribution in [0.15, 0.2) is 36.4 Å². The Morgan fingerprint density at radius 3 is 2.38 bits per heavy atom. The second-order valence-corrected chi connectivity index (χ2v) is 6.34. The van der Waals surface area contributed by atoms with Gasteiger partial charge in [-0.05, 0) is 30.3 Å². The first kappa shape index (κ1) is 22.2. The van der Waals surface area contributed by atoms with Crippen molar-refractivity contribution in [1.29, 1.82) is 0 Å². The summed E-state index contributed by atoms with van der Waals surface area (Å²) in [5, 5.41) is 0.206. The van der Waals surface area contributed by atoms with Gasteiger partial charge in [0.2, 0.25) is 0 Å². The van der Waals surface area contributed by atoms with Gasteiger partial charge in [-0.25, -0.2) is 14.0 Å². The van der Waals surface area contributed by atoms with Crippen LogP contribution in [0, 0.1) is 5.82 Å². The van der Waals surface area contributed by atoms with E-state index in [1.165, 1.54) is 62.6 Å². The van der Waals surface area contributed by atoms with E-state index in [1.807, 2.05) is 0 Å². The van der Waals surface area contributed by atoms with Gasteiger partial charge in [0, 0.05) is 24.2 Å². The maximum absolute atomic E-state index is 13.9.